The molecular formula is C16H18N2S. The molecule has 0 spiro atoms. The molecule has 0 aliphatic rings. The van der Waals surface area contributed by atoms with Crippen LogP contribution in [0, 0.1) is 0 Å². The first-order chi connectivity index (χ1) is 9.25. The summed E-state index contributed by atoms with van der Waals surface area (Å²) in [6, 6.07) is 14.6. The van der Waals surface area contributed by atoms with E-state index in [0.717, 1.165) is 6.54 Å². The van der Waals surface area contributed by atoms with E-state index in [4.69, 9.17) is 0 Å². The summed E-state index contributed by atoms with van der Waals surface area (Å²) in [5.41, 5.74) is 1.26. The number of nitrogens with zero attached hydrogens (tertiary/aromatic N) is 2. The van der Waals surface area contributed by atoms with Crippen molar-refractivity contribution < 1.29 is 0 Å². The van der Waals surface area contributed by atoms with Crippen molar-refractivity contribution in [2.75, 3.05) is 20.6 Å². The van der Waals surface area contributed by atoms with Crippen LogP contribution in [0.3, 0.4) is 0 Å². The van der Waals surface area contributed by atoms with Crippen LogP contribution in [0.15, 0.2) is 65.8 Å². The van der Waals surface area contributed by atoms with Crippen LogP contribution in [0.25, 0.3) is 4.91 Å². The van der Waals surface area contributed by atoms with Crippen molar-refractivity contribution >= 4 is 16.7 Å². The minimum absolute atomic E-state index is 0.933. The maximum absolute atomic E-state index is 4.06. The van der Waals surface area contributed by atoms with Gasteiger partial charge in [-0.2, -0.15) is 0 Å². The second-order valence-electron chi connectivity index (χ2n) is 4.48. The van der Waals surface area contributed by atoms with Gasteiger partial charge in [-0.05, 0) is 31.8 Å². The summed E-state index contributed by atoms with van der Waals surface area (Å²) >= 11 is 1.78. The first-order valence-corrected chi connectivity index (χ1v) is 7.05. The van der Waals surface area contributed by atoms with E-state index in [-0.39, 0.29) is 0 Å². The molecule has 0 amide bonds. The Bertz CT molecular complexity index is 521. The highest BCUT2D eigenvalue weighted by molar-refractivity contribution is 8.08. The van der Waals surface area contributed by atoms with Gasteiger partial charge in [0.1, 0.15) is 0 Å². The van der Waals surface area contributed by atoms with E-state index in [1.165, 1.54) is 15.4 Å². The number of pyridine rings is 1. The number of aromatic nitrogens is 1. The van der Waals surface area contributed by atoms with E-state index in [9.17, 15) is 0 Å². The summed E-state index contributed by atoms with van der Waals surface area (Å²) in [5, 5.41) is 0. The highest BCUT2D eigenvalue weighted by atomic mass is 32.2. The minimum atomic E-state index is 0.933. The first-order valence-electron chi connectivity index (χ1n) is 6.24. The lowest BCUT2D eigenvalue weighted by atomic mass is 10.2. The topological polar surface area (TPSA) is 16.1 Å². The Kier molecular flexibility index (Phi) is 5.19. The van der Waals surface area contributed by atoms with E-state index in [1.54, 1.807) is 11.8 Å². The quantitative estimate of drug-likeness (QED) is 0.769. The molecule has 19 heavy (non-hydrogen) atoms. The maximum atomic E-state index is 4.06. The molecule has 0 aliphatic carbocycles. The molecule has 1 aromatic carbocycles. The Morgan fingerprint density at radius 1 is 1.11 bits per heavy atom. The van der Waals surface area contributed by atoms with Crippen LogP contribution in [0.5, 0.6) is 0 Å². The van der Waals surface area contributed by atoms with Crippen molar-refractivity contribution in [3.63, 3.8) is 0 Å². The molecule has 2 rings (SSSR count). The van der Waals surface area contributed by atoms with Crippen molar-refractivity contribution in [3.8, 4) is 0 Å². The normalized spacial score (nSPS) is 11.8. The minimum Gasteiger partial charge on any atom is -0.306 e. The Labute approximate surface area is 119 Å². The van der Waals surface area contributed by atoms with Crippen molar-refractivity contribution in [2.45, 2.75) is 4.90 Å². The lowest BCUT2D eigenvalue weighted by molar-refractivity contribution is 0.457. The van der Waals surface area contributed by atoms with Gasteiger partial charge < -0.3 is 4.90 Å². The molecule has 2 aromatic rings. The second kappa shape index (κ2) is 7.12. The van der Waals surface area contributed by atoms with Gasteiger partial charge in [-0.25, -0.2) is 0 Å². The average molecular weight is 270 g/mol. The van der Waals surface area contributed by atoms with Gasteiger partial charge in [0.25, 0.3) is 0 Å². The summed E-state index contributed by atoms with van der Waals surface area (Å²) in [6.45, 7) is 0.933. The zero-order valence-corrected chi connectivity index (χ0v) is 12.1. The lowest BCUT2D eigenvalue weighted by Crippen LogP contribution is -2.10. The molecule has 0 saturated heterocycles. The second-order valence-corrected chi connectivity index (χ2v) is 5.60. The Morgan fingerprint density at radius 3 is 2.42 bits per heavy atom. The van der Waals surface area contributed by atoms with Crippen LogP contribution in [0.4, 0.5) is 0 Å². The molecule has 0 unspecified atom stereocenters. The van der Waals surface area contributed by atoms with Crippen LogP contribution in [-0.2, 0) is 0 Å². The standard InChI is InChI=1S/C16H18N2S/c1-18(2)13-10-16(14-6-4-3-5-7-14)19-15-8-11-17-12-9-15/h3-12H,13H2,1-2H3. The van der Waals surface area contributed by atoms with E-state index in [1.807, 2.05) is 30.6 Å². The van der Waals surface area contributed by atoms with Gasteiger partial charge in [-0.15, -0.1) is 0 Å². The number of hydrogen-bond acceptors (Lipinski definition) is 3. The summed E-state index contributed by atoms with van der Waals surface area (Å²) in [6.07, 6.45) is 5.92. The van der Waals surface area contributed by atoms with Gasteiger partial charge >= 0.3 is 0 Å². The molecule has 0 aliphatic heterocycles. The average Bonchev–Trinajstić information content (AvgIpc) is 2.45. The maximum Gasteiger partial charge on any atom is 0.0279 e. The Balaban J connectivity index is 2.22. The fraction of sp³-hybridized carbons (Fsp3) is 0.188. The number of rotatable bonds is 5. The van der Waals surface area contributed by atoms with E-state index < -0.39 is 0 Å². The van der Waals surface area contributed by atoms with Gasteiger partial charge in [-0.1, -0.05) is 48.2 Å². The fourth-order valence-corrected chi connectivity index (χ4v) is 2.54. The van der Waals surface area contributed by atoms with Crippen molar-refractivity contribution in [3.05, 3.63) is 66.5 Å². The zero-order chi connectivity index (χ0) is 13.5. The Morgan fingerprint density at radius 2 is 1.79 bits per heavy atom. The third-order valence-electron chi connectivity index (χ3n) is 2.58. The summed E-state index contributed by atoms with van der Waals surface area (Å²) < 4.78 is 0. The molecule has 2 nitrogen and oxygen atoms in total. The molecule has 0 fully saturated rings. The SMILES string of the molecule is CN(C)CC=C(Sc1ccncc1)c1ccccc1. The summed E-state index contributed by atoms with van der Waals surface area (Å²) in [5.74, 6) is 0. The van der Waals surface area contributed by atoms with Crippen LogP contribution in [0.1, 0.15) is 5.56 Å². The van der Waals surface area contributed by atoms with Gasteiger partial charge in [-0.3, -0.25) is 4.98 Å². The largest absolute Gasteiger partial charge is 0.306 e. The first kappa shape index (κ1) is 13.8. The predicted octanol–water partition coefficient (Wildman–Crippen LogP) is 3.78. The molecule has 0 radical (unpaired) electrons. The number of thioether (sulfide) groups is 1. The predicted molar refractivity (Wildman–Crippen MR) is 83.1 cm³/mol. The third kappa shape index (κ3) is 4.54. The molecule has 0 bridgehead atoms. The van der Waals surface area contributed by atoms with Crippen LogP contribution < -0.4 is 0 Å². The van der Waals surface area contributed by atoms with Gasteiger partial charge in [0.15, 0.2) is 0 Å². The highest BCUT2D eigenvalue weighted by Crippen LogP contribution is 2.33. The van der Waals surface area contributed by atoms with Gasteiger partial charge in [0.05, 0.1) is 0 Å². The lowest BCUT2D eigenvalue weighted by Gasteiger charge is -2.10. The molecule has 0 N–H and O–H groups in total. The molecule has 0 atom stereocenters. The molecule has 3 heteroatoms. The third-order valence-corrected chi connectivity index (χ3v) is 3.71. The van der Waals surface area contributed by atoms with Crippen molar-refractivity contribution in [1.82, 2.24) is 9.88 Å². The molecule has 98 valence electrons. The van der Waals surface area contributed by atoms with Crippen LogP contribution in [0.2, 0.25) is 0 Å². The number of hydrogen-bond donors (Lipinski definition) is 0. The highest BCUT2D eigenvalue weighted by Gasteiger charge is 2.04. The zero-order valence-electron chi connectivity index (χ0n) is 11.3. The summed E-state index contributed by atoms with van der Waals surface area (Å²) in [7, 11) is 4.16. The fourth-order valence-electron chi connectivity index (χ4n) is 1.62. The number of likely N-dealkylation sites (N-methyl/N-ethyl adjacent to an activating group) is 1. The van der Waals surface area contributed by atoms with E-state index in [2.05, 4.69) is 54.3 Å². The smallest absolute Gasteiger partial charge is 0.0279 e. The van der Waals surface area contributed by atoms with Crippen LogP contribution in [-0.4, -0.2) is 30.5 Å². The van der Waals surface area contributed by atoms with Gasteiger partial charge in [0, 0.05) is 28.7 Å². The van der Waals surface area contributed by atoms with E-state index >= 15 is 0 Å². The monoisotopic (exact) mass is 270 g/mol. The van der Waals surface area contributed by atoms with E-state index in [0.29, 0.717) is 0 Å². The van der Waals surface area contributed by atoms with Crippen LogP contribution >= 0.6 is 11.8 Å². The number of benzene rings is 1. The Hall–Kier alpha value is -1.58. The summed E-state index contributed by atoms with van der Waals surface area (Å²) in [4.78, 5) is 8.71. The molecule has 0 saturated carbocycles. The molecular weight excluding hydrogens is 252 g/mol. The molecule has 1 aromatic heterocycles. The van der Waals surface area contributed by atoms with Crippen molar-refractivity contribution in [2.24, 2.45) is 0 Å². The van der Waals surface area contributed by atoms with Gasteiger partial charge in [0.2, 0.25) is 0 Å². The van der Waals surface area contributed by atoms with Crippen molar-refractivity contribution in [1.29, 1.82) is 0 Å². The molecule has 1 heterocycles.